The number of benzene rings is 5. The number of rotatable bonds is 17. The number of carbonyl (C=O) groups excluding carboxylic acids is 2. The minimum atomic E-state index is -3.81. The molecular weight excluding hydrogens is 797 g/mol. The SMILES string of the molecule is CCOS(=O)(=O)/C=C/c1ccc(O[C@@H]2CN(C(=O)C(=O)Nc3ccc(Oc4ccc(-c5ccccc5)cc4)cc3)C[C@@H]2Oc2ccc(CCS(=O)(=O)OCC)cc2)cc1. The molecule has 0 aromatic heterocycles. The molecule has 1 heterocycles. The molecule has 1 saturated heterocycles. The molecule has 15 heteroatoms. The van der Waals surface area contributed by atoms with Crippen LogP contribution in [0.1, 0.15) is 25.0 Å². The lowest BCUT2D eigenvalue weighted by molar-refractivity contribution is -0.142. The molecule has 2 atom stereocenters. The Kier molecular flexibility index (Phi) is 14.2. The van der Waals surface area contributed by atoms with Crippen LogP contribution >= 0.6 is 0 Å². The summed E-state index contributed by atoms with van der Waals surface area (Å²) in [6.07, 6.45) is 0.235. The number of hydrogen-bond acceptors (Lipinski definition) is 11. The summed E-state index contributed by atoms with van der Waals surface area (Å²) in [4.78, 5) is 28.1. The van der Waals surface area contributed by atoms with E-state index in [9.17, 15) is 26.4 Å². The molecule has 0 saturated carbocycles. The van der Waals surface area contributed by atoms with Crippen molar-refractivity contribution in [2.45, 2.75) is 32.5 Å². The van der Waals surface area contributed by atoms with Crippen molar-refractivity contribution in [3.05, 3.63) is 144 Å². The monoisotopic (exact) mass is 840 g/mol. The van der Waals surface area contributed by atoms with Crippen molar-refractivity contribution in [1.82, 2.24) is 4.90 Å². The zero-order chi connectivity index (χ0) is 41.8. The normalized spacial score (nSPS) is 15.5. The van der Waals surface area contributed by atoms with Crippen molar-refractivity contribution in [3.63, 3.8) is 0 Å². The highest BCUT2D eigenvalue weighted by Crippen LogP contribution is 2.28. The number of amides is 2. The molecule has 1 fully saturated rings. The highest BCUT2D eigenvalue weighted by Gasteiger charge is 2.40. The first-order chi connectivity index (χ1) is 28.4. The topological polar surface area (TPSA) is 164 Å². The summed E-state index contributed by atoms with van der Waals surface area (Å²) in [5.74, 6) is 0.256. The van der Waals surface area contributed by atoms with Gasteiger partial charge >= 0.3 is 11.8 Å². The van der Waals surface area contributed by atoms with Crippen LogP contribution in [0.15, 0.2) is 133 Å². The number of nitrogens with one attached hydrogen (secondary N) is 1. The van der Waals surface area contributed by atoms with Gasteiger partial charge in [-0.25, -0.2) is 0 Å². The Balaban J connectivity index is 1.10. The number of carbonyl (C=O) groups is 2. The zero-order valence-corrected chi connectivity index (χ0v) is 34.1. The first-order valence-electron chi connectivity index (χ1n) is 18.9. The van der Waals surface area contributed by atoms with E-state index < -0.39 is 44.3 Å². The Labute approximate surface area is 344 Å². The average molecular weight is 841 g/mol. The molecule has 0 bridgehead atoms. The van der Waals surface area contributed by atoms with E-state index in [1.54, 1.807) is 86.6 Å². The van der Waals surface area contributed by atoms with Gasteiger partial charge in [-0.05, 0) is 109 Å². The van der Waals surface area contributed by atoms with Gasteiger partial charge in [0.2, 0.25) is 0 Å². The van der Waals surface area contributed by atoms with Gasteiger partial charge in [0.1, 0.15) is 23.0 Å². The maximum absolute atomic E-state index is 13.5. The molecule has 0 aliphatic carbocycles. The van der Waals surface area contributed by atoms with Crippen molar-refractivity contribution >= 4 is 43.8 Å². The largest absolute Gasteiger partial charge is 0.485 e. The lowest BCUT2D eigenvalue weighted by atomic mass is 10.1. The molecule has 1 aliphatic rings. The predicted octanol–water partition coefficient (Wildman–Crippen LogP) is 7.07. The number of aryl methyl sites for hydroxylation is 1. The highest BCUT2D eigenvalue weighted by atomic mass is 32.2. The van der Waals surface area contributed by atoms with E-state index in [0.29, 0.717) is 34.2 Å². The summed E-state index contributed by atoms with van der Waals surface area (Å²) in [6, 6.07) is 37.9. The minimum absolute atomic E-state index is 0.0168. The van der Waals surface area contributed by atoms with Crippen molar-refractivity contribution in [2.24, 2.45) is 0 Å². The van der Waals surface area contributed by atoms with Crippen molar-refractivity contribution in [1.29, 1.82) is 0 Å². The average Bonchev–Trinajstić information content (AvgIpc) is 3.62. The number of ether oxygens (including phenoxy) is 3. The summed E-state index contributed by atoms with van der Waals surface area (Å²) in [7, 11) is -7.45. The predicted molar refractivity (Wildman–Crippen MR) is 224 cm³/mol. The Morgan fingerprint density at radius 2 is 1.19 bits per heavy atom. The second kappa shape index (κ2) is 19.6. The summed E-state index contributed by atoms with van der Waals surface area (Å²) < 4.78 is 75.9. The Morgan fingerprint density at radius 1 is 0.661 bits per heavy atom. The van der Waals surface area contributed by atoms with Crippen LogP contribution in [0.3, 0.4) is 0 Å². The van der Waals surface area contributed by atoms with Gasteiger partial charge in [-0.3, -0.25) is 18.0 Å². The van der Waals surface area contributed by atoms with Crippen LogP contribution < -0.4 is 19.5 Å². The van der Waals surface area contributed by atoms with Crippen molar-refractivity contribution in [2.75, 3.05) is 37.4 Å². The molecule has 0 spiro atoms. The summed E-state index contributed by atoms with van der Waals surface area (Å²) in [6.45, 7) is 3.32. The molecule has 1 N–H and O–H groups in total. The van der Waals surface area contributed by atoms with Crippen LogP contribution in [-0.2, 0) is 44.6 Å². The van der Waals surface area contributed by atoms with Crippen LogP contribution in [0.5, 0.6) is 23.0 Å². The Morgan fingerprint density at radius 3 is 1.76 bits per heavy atom. The van der Waals surface area contributed by atoms with Gasteiger partial charge in [0.15, 0.2) is 12.2 Å². The molecule has 1 aliphatic heterocycles. The van der Waals surface area contributed by atoms with Crippen LogP contribution in [0, 0.1) is 0 Å². The molecule has 13 nitrogen and oxygen atoms in total. The Bertz CT molecular complexity index is 2420. The summed E-state index contributed by atoms with van der Waals surface area (Å²) in [5.41, 5.74) is 3.90. The summed E-state index contributed by atoms with van der Waals surface area (Å²) >= 11 is 0. The third kappa shape index (κ3) is 12.5. The zero-order valence-electron chi connectivity index (χ0n) is 32.4. The third-order valence-corrected chi connectivity index (χ3v) is 11.4. The van der Waals surface area contributed by atoms with Crippen LogP contribution in [0.2, 0.25) is 0 Å². The highest BCUT2D eigenvalue weighted by molar-refractivity contribution is 7.89. The van der Waals surface area contributed by atoms with Gasteiger partial charge in [-0.15, -0.1) is 0 Å². The molecule has 0 unspecified atom stereocenters. The van der Waals surface area contributed by atoms with E-state index in [-0.39, 0.29) is 38.5 Å². The molecule has 308 valence electrons. The van der Waals surface area contributed by atoms with E-state index in [0.717, 1.165) is 22.1 Å². The maximum atomic E-state index is 13.5. The summed E-state index contributed by atoms with van der Waals surface area (Å²) in [5, 5.41) is 3.63. The molecular formula is C44H44N2O11S2. The van der Waals surface area contributed by atoms with E-state index in [2.05, 4.69) is 5.32 Å². The van der Waals surface area contributed by atoms with Gasteiger partial charge in [-0.2, -0.15) is 16.8 Å². The van der Waals surface area contributed by atoms with Crippen LogP contribution in [0.4, 0.5) is 5.69 Å². The van der Waals surface area contributed by atoms with E-state index in [1.165, 1.54) is 11.0 Å². The van der Waals surface area contributed by atoms with E-state index in [1.807, 2.05) is 54.6 Å². The van der Waals surface area contributed by atoms with Gasteiger partial charge in [0.05, 0.1) is 37.5 Å². The first kappa shape index (κ1) is 42.6. The van der Waals surface area contributed by atoms with Gasteiger partial charge in [-0.1, -0.05) is 66.7 Å². The maximum Gasteiger partial charge on any atom is 0.313 e. The minimum Gasteiger partial charge on any atom is -0.485 e. The third-order valence-electron chi connectivity index (χ3n) is 9.03. The molecule has 0 radical (unpaired) electrons. The lowest BCUT2D eigenvalue weighted by Crippen LogP contribution is -2.39. The van der Waals surface area contributed by atoms with Gasteiger partial charge in [0.25, 0.3) is 20.2 Å². The second-order valence-corrected chi connectivity index (χ2v) is 16.6. The Hall–Kier alpha value is -6.00. The molecule has 5 aromatic rings. The quantitative estimate of drug-likeness (QED) is 0.0753. The first-order valence-corrected chi connectivity index (χ1v) is 21.9. The molecule has 59 heavy (non-hydrogen) atoms. The smallest absolute Gasteiger partial charge is 0.313 e. The fourth-order valence-corrected chi connectivity index (χ4v) is 7.83. The number of hydrogen-bond donors (Lipinski definition) is 1. The molecule has 2 amide bonds. The van der Waals surface area contributed by atoms with Gasteiger partial charge < -0.3 is 24.4 Å². The number of nitrogens with zero attached hydrogens (tertiary/aromatic N) is 1. The molecule has 5 aromatic carbocycles. The van der Waals surface area contributed by atoms with E-state index >= 15 is 0 Å². The van der Waals surface area contributed by atoms with Crippen molar-refractivity contribution < 1.29 is 49.0 Å². The fraction of sp³-hybridized carbons (Fsp3) is 0.227. The van der Waals surface area contributed by atoms with Gasteiger partial charge in [0, 0.05) is 5.69 Å². The number of anilines is 1. The standard InChI is InChI=1S/C44H44N2O11S2/c1-3-53-58(49,50)28-26-32-10-18-39(19-11-32)56-41-30-46(31-42(41)57-40-20-12-33(13-21-40)27-29-59(51,52)54-4-2)44(48)43(47)45-36-16-24-38(25-17-36)55-37-22-14-35(15-23-37)34-8-6-5-7-9-34/h5-26,28,41-42H,3-4,27,29-31H2,1-2H3,(H,45,47)/b28-26+/t41-,42+/m1/s1. The lowest BCUT2D eigenvalue weighted by Gasteiger charge is -2.21. The molecule has 6 rings (SSSR count). The fourth-order valence-electron chi connectivity index (χ4n) is 6.14. The second-order valence-electron chi connectivity index (χ2n) is 13.3. The van der Waals surface area contributed by atoms with Crippen LogP contribution in [0.25, 0.3) is 17.2 Å². The number of likely N-dealkylation sites (tertiary alicyclic amines) is 1. The van der Waals surface area contributed by atoms with Crippen LogP contribution in [-0.4, -0.2) is 77.8 Å². The van der Waals surface area contributed by atoms with Crippen molar-refractivity contribution in [3.8, 4) is 34.1 Å². The van der Waals surface area contributed by atoms with E-state index in [4.69, 9.17) is 22.6 Å².